The van der Waals surface area contributed by atoms with Gasteiger partial charge in [0.2, 0.25) is 0 Å². The first-order chi connectivity index (χ1) is 4.86. The molecule has 0 bridgehead atoms. The van der Waals surface area contributed by atoms with Crippen molar-refractivity contribution < 1.29 is 0 Å². The van der Waals surface area contributed by atoms with Crippen LogP contribution >= 0.6 is 9.39 Å². The summed E-state index contributed by atoms with van der Waals surface area (Å²) in [5.41, 5.74) is 0. The van der Waals surface area contributed by atoms with E-state index in [1.165, 1.54) is 32.1 Å². The summed E-state index contributed by atoms with van der Waals surface area (Å²) >= 11 is 0. The Morgan fingerprint density at radius 2 is 1.90 bits per heavy atom. The highest BCUT2D eigenvalue weighted by Gasteiger charge is 2.17. The minimum atomic E-state index is 0.785. The van der Waals surface area contributed by atoms with Crippen molar-refractivity contribution >= 4 is 9.39 Å². The van der Waals surface area contributed by atoms with E-state index in [0.29, 0.717) is 0 Å². The Hall–Kier alpha value is 0.390. The highest BCUT2D eigenvalue weighted by molar-refractivity contribution is 7.13. The largest absolute Gasteiger partial charge is 0.298 e. The number of hydrogen-bond acceptors (Lipinski definition) is 1. The molecule has 1 unspecified atom stereocenters. The zero-order valence-corrected chi connectivity index (χ0v) is 7.92. The first-order valence-corrected chi connectivity index (χ1v) is 4.90. The number of nitrogens with one attached hydrogen (secondary N) is 1. The van der Waals surface area contributed by atoms with E-state index in [0.717, 1.165) is 12.0 Å². The molecule has 0 radical (unpaired) electrons. The molecule has 2 heteroatoms. The molecule has 0 saturated heterocycles. The predicted molar refractivity (Wildman–Crippen MR) is 48.9 cm³/mol. The van der Waals surface area contributed by atoms with Gasteiger partial charge in [-0.15, -0.1) is 0 Å². The van der Waals surface area contributed by atoms with E-state index >= 15 is 0 Å². The van der Waals surface area contributed by atoms with Gasteiger partial charge in [-0.1, -0.05) is 22.7 Å². The predicted octanol–water partition coefficient (Wildman–Crippen LogP) is 2.33. The molecule has 0 aromatic carbocycles. The van der Waals surface area contributed by atoms with Crippen LogP contribution in [0.5, 0.6) is 0 Å². The van der Waals surface area contributed by atoms with Gasteiger partial charge in [0, 0.05) is 6.04 Å². The molecule has 0 heterocycles. The minimum absolute atomic E-state index is 0.785. The third-order valence-corrected chi connectivity index (χ3v) is 3.13. The number of hydrogen-bond donors (Lipinski definition) is 1. The van der Waals surface area contributed by atoms with Gasteiger partial charge in [0.25, 0.3) is 0 Å². The van der Waals surface area contributed by atoms with Crippen molar-refractivity contribution in [2.75, 3.05) is 0 Å². The fourth-order valence-corrected chi connectivity index (χ4v) is 2.07. The molecule has 1 N–H and O–H groups in total. The molecular weight excluding hydrogens is 141 g/mol. The second-order valence-electron chi connectivity index (χ2n) is 3.29. The van der Waals surface area contributed by atoms with E-state index in [2.05, 4.69) is 21.4 Å². The topological polar surface area (TPSA) is 12.0 Å². The fraction of sp³-hybridized carbons (Fsp3) is 1.00. The fourth-order valence-electron chi connectivity index (χ4n) is 1.74. The van der Waals surface area contributed by atoms with Crippen LogP contribution in [0.3, 0.4) is 0 Å². The van der Waals surface area contributed by atoms with Gasteiger partial charge in [-0.2, -0.15) is 0 Å². The lowest BCUT2D eigenvalue weighted by Crippen LogP contribution is -2.26. The van der Waals surface area contributed by atoms with Gasteiger partial charge >= 0.3 is 0 Å². The monoisotopic (exact) mass is 159 g/mol. The van der Waals surface area contributed by atoms with Gasteiger partial charge in [0.1, 0.15) is 0 Å². The van der Waals surface area contributed by atoms with Crippen LogP contribution < -0.4 is 5.09 Å². The first-order valence-electron chi connectivity index (χ1n) is 4.33. The summed E-state index contributed by atoms with van der Waals surface area (Å²) in [4.78, 5) is 0. The molecule has 1 fully saturated rings. The van der Waals surface area contributed by atoms with Crippen LogP contribution in [0.4, 0.5) is 0 Å². The van der Waals surface area contributed by atoms with E-state index < -0.39 is 0 Å². The molecule has 0 spiro atoms. The van der Waals surface area contributed by atoms with Crippen molar-refractivity contribution in [3.63, 3.8) is 0 Å². The average Bonchev–Trinajstić information content (AvgIpc) is 2.05. The molecule has 1 rings (SSSR count). The highest BCUT2D eigenvalue weighted by atomic mass is 31.0. The van der Waals surface area contributed by atoms with Gasteiger partial charge in [-0.05, 0) is 31.6 Å². The molecule has 0 aromatic heterocycles. The Morgan fingerprint density at radius 3 is 2.30 bits per heavy atom. The number of rotatable bonds is 2. The summed E-state index contributed by atoms with van der Waals surface area (Å²) in [6.07, 6.45) is 7.00. The zero-order valence-electron chi connectivity index (χ0n) is 6.77. The standard InChI is InChI=1S/C8H18NP/c1-2-7-3-5-8(9-10)6-4-7/h7-9H,2-6,10H2,1H3. The van der Waals surface area contributed by atoms with Gasteiger partial charge in [-0.25, -0.2) is 0 Å². The summed E-state index contributed by atoms with van der Waals surface area (Å²) in [5, 5.41) is 3.27. The summed E-state index contributed by atoms with van der Waals surface area (Å²) in [6, 6.07) is 0.785. The maximum atomic E-state index is 3.27. The van der Waals surface area contributed by atoms with Crippen molar-refractivity contribution in [1.82, 2.24) is 5.09 Å². The van der Waals surface area contributed by atoms with E-state index in [-0.39, 0.29) is 0 Å². The Bertz CT molecular complexity index is 75.3. The van der Waals surface area contributed by atoms with Gasteiger partial charge in [0.05, 0.1) is 0 Å². The van der Waals surface area contributed by atoms with Crippen LogP contribution in [0.15, 0.2) is 0 Å². The summed E-state index contributed by atoms with van der Waals surface area (Å²) in [7, 11) is 2.62. The lowest BCUT2D eigenvalue weighted by Gasteiger charge is -2.26. The van der Waals surface area contributed by atoms with Crippen LogP contribution in [-0.4, -0.2) is 6.04 Å². The van der Waals surface area contributed by atoms with Gasteiger partial charge in [0.15, 0.2) is 0 Å². The molecule has 1 atom stereocenters. The molecule has 1 aliphatic rings. The van der Waals surface area contributed by atoms with E-state index in [9.17, 15) is 0 Å². The quantitative estimate of drug-likeness (QED) is 0.610. The maximum absolute atomic E-state index is 3.27. The van der Waals surface area contributed by atoms with Crippen molar-refractivity contribution in [1.29, 1.82) is 0 Å². The maximum Gasteiger partial charge on any atom is 0.00990 e. The Morgan fingerprint density at radius 1 is 1.30 bits per heavy atom. The second kappa shape index (κ2) is 4.31. The Balaban J connectivity index is 2.17. The normalized spacial score (nSPS) is 34.2. The Kier molecular flexibility index (Phi) is 3.65. The molecular formula is C8H18NP. The van der Waals surface area contributed by atoms with Crippen molar-refractivity contribution in [3.05, 3.63) is 0 Å². The SMILES string of the molecule is CCC1CCC(NP)CC1. The second-order valence-corrected chi connectivity index (χ2v) is 3.63. The average molecular weight is 159 g/mol. The molecule has 1 saturated carbocycles. The van der Waals surface area contributed by atoms with Crippen molar-refractivity contribution in [2.45, 2.75) is 45.1 Å². The molecule has 0 amide bonds. The summed E-state index contributed by atoms with van der Waals surface area (Å²) in [6.45, 7) is 2.30. The lowest BCUT2D eigenvalue weighted by molar-refractivity contribution is 0.310. The lowest BCUT2D eigenvalue weighted by atomic mass is 9.85. The molecule has 1 nitrogen and oxygen atoms in total. The Labute approximate surface area is 66.2 Å². The smallest absolute Gasteiger partial charge is 0.00990 e. The van der Waals surface area contributed by atoms with Gasteiger partial charge in [-0.3, -0.25) is 5.09 Å². The van der Waals surface area contributed by atoms with E-state index in [4.69, 9.17) is 0 Å². The van der Waals surface area contributed by atoms with Gasteiger partial charge < -0.3 is 0 Å². The summed E-state index contributed by atoms with van der Waals surface area (Å²) in [5.74, 6) is 1.02. The van der Waals surface area contributed by atoms with Crippen molar-refractivity contribution in [2.24, 2.45) is 5.92 Å². The van der Waals surface area contributed by atoms with Crippen molar-refractivity contribution in [3.8, 4) is 0 Å². The molecule has 10 heavy (non-hydrogen) atoms. The van der Waals surface area contributed by atoms with E-state index in [1.54, 1.807) is 0 Å². The molecule has 60 valence electrons. The van der Waals surface area contributed by atoms with Crippen LogP contribution in [0.25, 0.3) is 0 Å². The first kappa shape index (κ1) is 8.49. The molecule has 1 aliphatic carbocycles. The molecule has 0 aromatic rings. The third kappa shape index (κ3) is 2.21. The minimum Gasteiger partial charge on any atom is -0.298 e. The van der Waals surface area contributed by atoms with Crippen LogP contribution in [0.1, 0.15) is 39.0 Å². The highest BCUT2D eigenvalue weighted by Crippen LogP contribution is 2.26. The van der Waals surface area contributed by atoms with E-state index in [1.807, 2.05) is 0 Å². The molecule has 0 aliphatic heterocycles. The zero-order chi connectivity index (χ0) is 7.40. The summed E-state index contributed by atoms with van der Waals surface area (Å²) < 4.78 is 0. The van der Waals surface area contributed by atoms with Crippen LogP contribution in [-0.2, 0) is 0 Å². The van der Waals surface area contributed by atoms with Crippen LogP contribution in [0, 0.1) is 5.92 Å². The third-order valence-electron chi connectivity index (χ3n) is 2.66. The van der Waals surface area contributed by atoms with Crippen LogP contribution in [0.2, 0.25) is 0 Å².